The number of benzene rings is 1. The molecule has 3 rings (SSSR count). The molecule has 9 heteroatoms. The predicted molar refractivity (Wildman–Crippen MR) is 80.0 cm³/mol. The molecule has 2 heterocycles. The lowest BCUT2D eigenvalue weighted by Crippen LogP contribution is -2.52. The van der Waals surface area contributed by atoms with Gasteiger partial charge >= 0.3 is 6.03 Å². The van der Waals surface area contributed by atoms with Gasteiger partial charge in [-0.1, -0.05) is 11.6 Å². The number of rotatable bonds is 3. The number of carbonyl (C=O) groups is 1. The summed E-state index contributed by atoms with van der Waals surface area (Å²) in [7, 11) is 0. The molecule has 1 N–H and O–H groups in total. The van der Waals surface area contributed by atoms with Gasteiger partial charge < -0.3 is 14.8 Å². The number of nitrogens with one attached hydrogen (secondary N) is 1. The minimum absolute atomic E-state index is 0.118. The molecule has 1 aliphatic heterocycles. The Morgan fingerprint density at radius 3 is 2.82 bits per heavy atom. The second-order valence-corrected chi connectivity index (χ2v) is 5.33. The number of urea groups is 1. The van der Waals surface area contributed by atoms with Gasteiger partial charge in [0.05, 0.1) is 28.0 Å². The average Bonchev–Trinajstić information content (AvgIpc) is 2.93. The van der Waals surface area contributed by atoms with Crippen molar-refractivity contribution in [2.75, 3.05) is 18.4 Å². The lowest BCUT2D eigenvalue weighted by molar-refractivity contribution is -0.384. The number of nitro groups is 1. The Labute approximate surface area is 130 Å². The molecule has 0 aliphatic carbocycles. The maximum atomic E-state index is 12.1. The van der Waals surface area contributed by atoms with E-state index in [1.807, 2.05) is 10.8 Å². The number of likely N-dealkylation sites (tertiary alicyclic amines) is 1. The number of hydrogen-bond donors (Lipinski definition) is 1. The molecule has 1 aliphatic rings. The van der Waals surface area contributed by atoms with E-state index in [0.29, 0.717) is 18.8 Å². The first-order valence-corrected chi connectivity index (χ1v) is 6.89. The number of amides is 2. The monoisotopic (exact) mass is 321 g/mol. The first-order valence-electron chi connectivity index (χ1n) is 6.52. The summed E-state index contributed by atoms with van der Waals surface area (Å²) in [5.74, 6) is 0. The quantitative estimate of drug-likeness (QED) is 0.694. The Bertz CT molecular complexity index is 712. The number of nitro benzene ring substituents is 1. The summed E-state index contributed by atoms with van der Waals surface area (Å²) in [6.07, 6.45) is 5.26. The lowest BCUT2D eigenvalue weighted by atomic mass is 10.1. The van der Waals surface area contributed by atoms with Crippen LogP contribution in [0.3, 0.4) is 0 Å². The fourth-order valence-electron chi connectivity index (χ4n) is 2.21. The van der Waals surface area contributed by atoms with E-state index >= 15 is 0 Å². The number of hydrogen-bond acceptors (Lipinski definition) is 4. The molecule has 2 aromatic rings. The SMILES string of the molecule is O=C(Nc1ccc([N+](=O)[O-])cc1Cl)N1CC(n2ccnc2)C1. The van der Waals surface area contributed by atoms with Gasteiger partial charge in [-0.25, -0.2) is 9.78 Å². The van der Waals surface area contributed by atoms with Crippen LogP contribution in [0.4, 0.5) is 16.2 Å². The third kappa shape index (κ3) is 2.73. The maximum absolute atomic E-state index is 12.1. The molecule has 114 valence electrons. The second-order valence-electron chi connectivity index (χ2n) is 4.92. The van der Waals surface area contributed by atoms with Gasteiger partial charge in [0.1, 0.15) is 0 Å². The highest BCUT2D eigenvalue weighted by Crippen LogP contribution is 2.28. The Kier molecular flexibility index (Phi) is 3.68. The molecule has 0 unspecified atom stereocenters. The number of halogens is 1. The molecule has 0 saturated carbocycles. The van der Waals surface area contributed by atoms with Crippen molar-refractivity contribution in [1.82, 2.24) is 14.5 Å². The first-order chi connectivity index (χ1) is 10.5. The van der Waals surface area contributed by atoms with Crippen molar-refractivity contribution in [1.29, 1.82) is 0 Å². The second kappa shape index (κ2) is 5.64. The van der Waals surface area contributed by atoms with Gasteiger partial charge in [0.15, 0.2) is 0 Å². The van der Waals surface area contributed by atoms with Crippen LogP contribution < -0.4 is 5.32 Å². The maximum Gasteiger partial charge on any atom is 0.322 e. The zero-order valence-electron chi connectivity index (χ0n) is 11.3. The Hall–Kier alpha value is -2.61. The fraction of sp³-hybridized carbons (Fsp3) is 0.231. The zero-order chi connectivity index (χ0) is 15.7. The fourth-order valence-corrected chi connectivity index (χ4v) is 2.43. The van der Waals surface area contributed by atoms with Crippen molar-refractivity contribution in [3.05, 3.63) is 52.1 Å². The zero-order valence-corrected chi connectivity index (χ0v) is 12.1. The summed E-state index contributed by atoms with van der Waals surface area (Å²) in [6.45, 7) is 1.15. The van der Waals surface area contributed by atoms with E-state index in [1.54, 1.807) is 17.4 Å². The summed E-state index contributed by atoms with van der Waals surface area (Å²) >= 11 is 5.94. The van der Waals surface area contributed by atoms with E-state index in [-0.39, 0.29) is 22.8 Å². The van der Waals surface area contributed by atoms with Crippen LogP contribution in [0.15, 0.2) is 36.9 Å². The van der Waals surface area contributed by atoms with Crippen LogP contribution in [0, 0.1) is 10.1 Å². The predicted octanol–water partition coefficient (Wildman–Crippen LogP) is 2.53. The highest BCUT2D eigenvalue weighted by atomic mass is 35.5. The molecule has 1 saturated heterocycles. The minimum atomic E-state index is -0.539. The summed E-state index contributed by atoms with van der Waals surface area (Å²) in [4.78, 5) is 27.8. The van der Waals surface area contributed by atoms with Crippen LogP contribution in [-0.4, -0.2) is 38.5 Å². The summed E-state index contributed by atoms with van der Waals surface area (Å²) in [5, 5.41) is 13.4. The van der Waals surface area contributed by atoms with E-state index in [4.69, 9.17) is 11.6 Å². The van der Waals surface area contributed by atoms with E-state index in [1.165, 1.54) is 18.2 Å². The van der Waals surface area contributed by atoms with Gasteiger partial charge in [-0.2, -0.15) is 0 Å². The molecular formula is C13H12ClN5O3. The van der Waals surface area contributed by atoms with Crippen molar-refractivity contribution >= 4 is 29.0 Å². The highest BCUT2D eigenvalue weighted by molar-refractivity contribution is 6.33. The minimum Gasteiger partial charge on any atom is -0.331 e. The smallest absolute Gasteiger partial charge is 0.322 e. The van der Waals surface area contributed by atoms with Crippen molar-refractivity contribution in [3.63, 3.8) is 0 Å². The van der Waals surface area contributed by atoms with Gasteiger partial charge in [-0.15, -0.1) is 0 Å². The van der Waals surface area contributed by atoms with Crippen molar-refractivity contribution in [3.8, 4) is 0 Å². The van der Waals surface area contributed by atoms with Crippen molar-refractivity contribution in [2.45, 2.75) is 6.04 Å². The Morgan fingerprint density at radius 1 is 1.45 bits per heavy atom. The molecule has 1 aromatic carbocycles. The van der Waals surface area contributed by atoms with Crippen molar-refractivity contribution in [2.24, 2.45) is 0 Å². The number of anilines is 1. The molecular weight excluding hydrogens is 310 g/mol. The molecule has 0 bridgehead atoms. The Morgan fingerprint density at radius 2 is 2.23 bits per heavy atom. The van der Waals surface area contributed by atoms with E-state index in [2.05, 4.69) is 10.3 Å². The third-order valence-corrected chi connectivity index (χ3v) is 3.81. The van der Waals surface area contributed by atoms with Crippen LogP contribution in [0.5, 0.6) is 0 Å². The standard InChI is InChI=1S/C13H12ClN5O3/c14-11-5-9(19(21)22)1-2-12(11)16-13(20)18-6-10(7-18)17-4-3-15-8-17/h1-5,8,10H,6-7H2,(H,16,20). The first kappa shape index (κ1) is 14.3. The third-order valence-electron chi connectivity index (χ3n) is 3.50. The average molecular weight is 322 g/mol. The summed E-state index contributed by atoms with van der Waals surface area (Å²) < 4.78 is 1.95. The Balaban J connectivity index is 1.60. The van der Waals surface area contributed by atoms with Crippen molar-refractivity contribution < 1.29 is 9.72 Å². The van der Waals surface area contributed by atoms with Gasteiger partial charge in [0.2, 0.25) is 0 Å². The van der Waals surface area contributed by atoms with Crippen LogP contribution in [0.1, 0.15) is 6.04 Å². The van der Waals surface area contributed by atoms with Gasteiger partial charge in [0, 0.05) is 37.6 Å². The number of non-ortho nitro benzene ring substituents is 1. The van der Waals surface area contributed by atoms with E-state index in [9.17, 15) is 14.9 Å². The van der Waals surface area contributed by atoms with Crippen LogP contribution in [0.2, 0.25) is 5.02 Å². The summed E-state index contributed by atoms with van der Waals surface area (Å²) in [6, 6.07) is 3.87. The normalized spacial score (nSPS) is 14.5. The summed E-state index contributed by atoms with van der Waals surface area (Å²) in [5.41, 5.74) is 0.232. The molecule has 0 atom stereocenters. The highest BCUT2D eigenvalue weighted by Gasteiger charge is 2.31. The topological polar surface area (TPSA) is 93.3 Å². The largest absolute Gasteiger partial charge is 0.331 e. The molecule has 0 radical (unpaired) electrons. The van der Waals surface area contributed by atoms with Crippen LogP contribution >= 0.6 is 11.6 Å². The molecule has 1 aromatic heterocycles. The number of nitrogens with zero attached hydrogens (tertiary/aromatic N) is 4. The van der Waals surface area contributed by atoms with Gasteiger partial charge in [-0.05, 0) is 6.07 Å². The van der Waals surface area contributed by atoms with E-state index < -0.39 is 4.92 Å². The number of carbonyl (C=O) groups excluding carboxylic acids is 1. The van der Waals surface area contributed by atoms with E-state index in [0.717, 1.165) is 0 Å². The molecule has 2 amide bonds. The van der Waals surface area contributed by atoms with Gasteiger partial charge in [-0.3, -0.25) is 10.1 Å². The van der Waals surface area contributed by atoms with Crippen LogP contribution in [0.25, 0.3) is 0 Å². The number of aromatic nitrogens is 2. The molecule has 8 nitrogen and oxygen atoms in total. The van der Waals surface area contributed by atoms with Crippen LogP contribution in [-0.2, 0) is 0 Å². The van der Waals surface area contributed by atoms with Gasteiger partial charge in [0.25, 0.3) is 5.69 Å². The molecule has 22 heavy (non-hydrogen) atoms. The molecule has 1 fully saturated rings. The lowest BCUT2D eigenvalue weighted by Gasteiger charge is -2.39. The number of imidazole rings is 1. The molecule has 0 spiro atoms.